The predicted molar refractivity (Wildman–Crippen MR) is 79.5 cm³/mol. The smallest absolute Gasteiger partial charge is 0.127 e. The second kappa shape index (κ2) is 8.93. The van der Waals surface area contributed by atoms with Crippen molar-refractivity contribution in [3.63, 3.8) is 0 Å². The summed E-state index contributed by atoms with van der Waals surface area (Å²) in [5.41, 5.74) is 0.886. The molecule has 0 saturated heterocycles. The van der Waals surface area contributed by atoms with E-state index < -0.39 is 0 Å². The van der Waals surface area contributed by atoms with Crippen molar-refractivity contribution in [1.82, 2.24) is 5.32 Å². The number of hydrogen-bond acceptors (Lipinski definition) is 3. The summed E-state index contributed by atoms with van der Waals surface area (Å²) in [5, 5.41) is 3.26. The number of nitrogens with one attached hydrogen (secondary N) is 1. The third kappa shape index (κ3) is 7.46. The fourth-order valence-electron chi connectivity index (χ4n) is 1.67. The molecule has 0 aliphatic heterocycles. The van der Waals surface area contributed by atoms with Gasteiger partial charge in [0, 0.05) is 25.3 Å². The molecule has 3 nitrogen and oxygen atoms in total. The van der Waals surface area contributed by atoms with Gasteiger partial charge in [0.2, 0.25) is 0 Å². The summed E-state index contributed by atoms with van der Waals surface area (Å²) in [6.45, 7) is 10.6. The number of ether oxygens (including phenoxy) is 2. The van der Waals surface area contributed by atoms with Gasteiger partial charge in [0.15, 0.2) is 0 Å². The molecule has 0 fully saturated rings. The van der Waals surface area contributed by atoms with Crippen LogP contribution in [-0.2, 0) is 11.3 Å². The minimum atomic E-state index is -0.272. The highest BCUT2D eigenvalue weighted by atomic mass is 19.1. The molecule has 20 heavy (non-hydrogen) atoms. The number of rotatable bonds is 9. The zero-order valence-corrected chi connectivity index (χ0v) is 12.9. The first-order valence-corrected chi connectivity index (χ1v) is 7.20. The lowest BCUT2D eigenvalue weighted by atomic mass is 10.2. The van der Waals surface area contributed by atoms with Gasteiger partial charge >= 0.3 is 0 Å². The van der Waals surface area contributed by atoms with Gasteiger partial charge in [-0.2, -0.15) is 0 Å². The van der Waals surface area contributed by atoms with Crippen LogP contribution in [-0.4, -0.2) is 25.9 Å². The van der Waals surface area contributed by atoms with Crippen molar-refractivity contribution in [3.05, 3.63) is 29.6 Å². The van der Waals surface area contributed by atoms with E-state index in [0.717, 1.165) is 12.2 Å². The average molecular weight is 283 g/mol. The highest BCUT2D eigenvalue weighted by Crippen LogP contribution is 2.16. The maximum Gasteiger partial charge on any atom is 0.127 e. The summed E-state index contributed by atoms with van der Waals surface area (Å²) in [4.78, 5) is 0. The zero-order chi connectivity index (χ0) is 15.0. The van der Waals surface area contributed by atoms with Gasteiger partial charge in [0.25, 0.3) is 0 Å². The van der Waals surface area contributed by atoms with E-state index in [1.807, 2.05) is 6.07 Å². The number of benzene rings is 1. The SMILES string of the molecule is CC(C)COCCOc1cc(F)cc(CNC(C)C)c1. The number of hydrogen-bond donors (Lipinski definition) is 1. The molecule has 0 unspecified atom stereocenters. The van der Waals surface area contributed by atoms with Crippen LogP contribution in [0.25, 0.3) is 0 Å². The Hall–Kier alpha value is -1.13. The van der Waals surface area contributed by atoms with E-state index in [1.165, 1.54) is 12.1 Å². The quantitative estimate of drug-likeness (QED) is 0.705. The van der Waals surface area contributed by atoms with Crippen LogP contribution >= 0.6 is 0 Å². The summed E-state index contributed by atoms with van der Waals surface area (Å²) in [6.07, 6.45) is 0. The van der Waals surface area contributed by atoms with Crippen LogP contribution in [0.1, 0.15) is 33.3 Å². The molecule has 0 atom stereocenters. The Bertz CT molecular complexity index is 394. The van der Waals surface area contributed by atoms with E-state index >= 15 is 0 Å². The van der Waals surface area contributed by atoms with Crippen molar-refractivity contribution in [2.75, 3.05) is 19.8 Å². The summed E-state index contributed by atoms with van der Waals surface area (Å²) in [6, 6.07) is 5.16. The van der Waals surface area contributed by atoms with Gasteiger partial charge in [0.05, 0.1) is 6.61 Å². The maximum atomic E-state index is 13.5. The van der Waals surface area contributed by atoms with Gasteiger partial charge in [-0.3, -0.25) is 0 Å². The first-order valence-electron chi connectivity index (χ1n) is 7.20. The van der Waals surface area contributed by atoms with Gasteiger partial charge in [-0.25, -0.2) is 4.39 Å². The highest BCUT2D eigenvalue weighted by Gasteiger charge is 2.03. The molecule has 1 aromatic rings. The lowest BCUT2D eigenvalue weighted by molar-refractivity contribution is 0.0818. The third-order valence-corrected chi connectivity index (χ3v) is 2.59. The van der Waals surface area contributed by atoms with Crippen LogP contribution in [0.5, 0.6) is 5.75 Å². The first-order chi connectivity index (χ1) is 9.47. The summed E-state index contributed by atoms with van der Waals surface area (Å²) in [7, 11) is 0. The van der Waals surface area contributed by atoms with Crippen molar-refractivity contribution in [2.24, 2.45) is 5.92 Å². The fraction of sp³-hybridized carbons (Fsp3) is 0.625. The van der Waals surface area contributed by atoms with Gasteiger partial charge in [-0.05, 0) is 23.6 Å². The van der Waals surface area contributed by atoms with Crippen molar-refractivity contribution in [3.8, 4) is 5.75 Å². The molecule has 0 spiro atoms. The molecule has 1 N–H and O–H groups in total. The molecule has 1 rings (SSSR count). The Kier molecular flexibility index (Phi) is 7.55. The predicted octanol–water partition coefficient (Wildman–Crippen LogP) is 3.38. The van der Waals surface area contributed by atoms with Gasteiger partial charge in [-0.15, -0.1) is 0 Å². The summed E-state index contributed by atoms with van der Waals surface area (Å²) in [5.74, 6) is 0.794. The van der Waals surface area contributed by atoms with E-state index in [4.69, 9.17) is 9.47 Å². The normalized spacial score (nSPS) is 11.3. The van der Waals surface area contributed by atoms with E-state index in [9.17, 15) is 4.39 Å². The van der Waals surface area contributed by atoms with Crippen LogP contribution in [0.4, 0.5) is 4.39 Å². The van der Waals surface area contributed by atoms with Crippen molar-refractivity contribution in [1.29, 1.82) is 0 Å². The second-order valence-electron chi connectivity index (χ2n) is 5.65. The monoisotopic (exact) mass is 283 g/mol. The highest BCUT2D eigenvalue weighted by molar-refractivity contribution is 5.29. The summed E-state index contributed by atoms with van der Waals surface area (Å²) < 4.78 is 24.4. The molecular weight excluding hydrogens is 257 g/mol. The van der Waals surface area contributed by atoms with Gasteiger partial charge in [0.1, 0.15) is 18.2 Å². The van der Waals surface area contributed by atoms with Crippen molar-refractivity contribution < 1.29 is 13.9 Å². The molecule has 0 bridgehead atoms. The van der Waals surface area contributed by atoms with Crippen LogP contribution < -0.4 is 10.1 Å². The Morgan fingerprint density at radius 2 is 1.85 bits per heavy atom. The minimum Gasteiger partial charge on any atom is -0.491 e. The molecule has 0 radical (unpaired) electrons. The molecule has 0 saturated carbocycles. The molecule has 114 valence electrons. The molecule has 0 aliphatic carbocycles. The molecular formula is C16H26FNO2. The zero-order valence-electron chi connectivity index (χ0n) is 12.9. The lowest BCUT2D eigenvalue weighted by Gasteiger charge is -2.12. The van der Waals surface area contributed by atoms with Gasteiger partial charge < -0.3 is 14.8 Å². The van der Waals surface area contributed by atoms with Crippen LogP contribution in [0.2, 0.25) is 0 Å². The Morgan fingerprint density at radius 3 is 2.50 bits per heavy atom. The van der Waals surface area contributed by atoms with E-state index in [0.29, 0.717) is 37.5 Å². The number of halogens is 1. The molecule has 4 heteroatoms. The summed E-state index contributed by atoms with van der Waals surface area (Å²) >= 11 is 0. The lowest BCUT2D eigenvalue weighted by Crippen LogP contribution is -2.21. The van der Waals surface area contributed by atoms with E-state index in [2.05, 4.69) is 33.0 Å². The Morgan fingerprint density at radius 1 is 1.10 bits per heavy atom. The molecule has 0 heterocycles. The first kappa shape index (κ1) is 16.9. The standard InChI is InChI=1S/C16H26FNO2/c1-12(2)11-19-5-6-20-16-8-14(7-15(17)9-16)10-18-13(3)4/h7-9,12-13,18H,5-6,10-11H2,1-4H3. The molecule has 0 aromatic heterocycles. The second-order valence-corrected chi connectivity index (χ2v) is 5.65. The maximum absolute atomic E-state index is 13.5. The van der Waals surface area contributed by atoms with E-state index in [-0.39, 0.29) is 5.82 Å². The van der Waals surface area contributed by atoms with Crippen LogP contribution in [0, 0.1) is 11.7 Å². The Balaban J connectivity index is 2.41. The van der Waals surface area contributed by atoms with Crippen molar-refractivity contribution >= 4 is 0 Å². The largest absolute Gasteiger partial charge is 0.491 e. The molecule has 0 amide bonds. The average Bonchev–Trinajstić information content (AvgIpc) is 2.35. The Labute approximate surface area is 121 Å². The van der Waals surface area contributed by atoms with E-state index in [1.54, 1.807) is 0 Å². The fourth-order valence-corrected chi connectivity index (χ4v) is 1.67. The van der Waals surface area contributed by atoms with Crippen LogP contribution in [0.15, 0.2) is 18.2 Å². The van der Waals surface area contributed by atoms with Crippen LogP contribution in [0.3, 0.4) is 0 Å². The topological polar surface area (TPSA) is 30.5 Å². The third-order valence-electron chi connectivity index (χ3n) is 2.59. The molecule has 1 aromatic carbocycles. The molecule has 0 aliphatic rings. The van der Waals surface area contributed by atoms with Gasteiger partial charge in [-0.1, -0.05) is 27.7 Å². The van der Waals surface area contributed by atoms with Crippen molar-refractivity contribution in [2.45, 2.75) is 40.3 Å². The minimum absolute atomic E-state index is 0.272.